The van der Waals surface area contributed by atoms with E-state index in [4.69, 9.17) is 9.47 Å². The van der Waals surface area contributed by atoms with E-state index in [1.165, 1.54) is 0 Å². The number of carbonyl (C=O) groups is 1. The zero-order chi connectivity index (χ0) is 20.6. The van der Waals surface area contributed by atoms with Gasteiger partial charge in [-0.05, 0) is 43.2 Å². The summed E-state index contributed by atoms with van der Waals surface area (Å²) in [4.78, 5) is 21.3. The van der Waals surface area contributed by atoms with Crippen LogP contribution in [0.1, 0.15) is 21.7 Å². The van der Waals surface area contributed by atoms with Crippen molar-refractivity contribution in [3.8, 4) is 11.5 Å². The number of carbonyl (C=O) groups excluding carboxylic acids is 1. The molecule has 3 aromatic rings. The molecule has 0 spiro atoms. The molecule has 0 atom stereocenters. The summed E-state index contributed by atoms with van der Waals surface area (Å²) < 4.78 is 10.7. The molecule has 2 aromatic carbocycles. The summed E-state index contributed by atoms with van der Waals surface area (Å²) in [5.41, 5.74) is 2.75. The van der Waals surface area contributed by atoms with Crippen LogP contribution in [0.15, 0.2) is 54.6 Å². The third-order valence-corrected chi connectivity index (χ3v) is 4.31. The maximum absolute atomic E-state index is 12.6. The van der Waals surface area contributed by atoms with Gasteiger partial charge in [-0.3, -0.25) is 4.79 Å². The smallest absolute Gasteiger partial charge is 0.270 e. The average molecular weight is 392 g/mol. The van der Waals surface area contributed by atoms with Crippen molar-refractivity contribution >= 4 is 17.5 Å². The number of rotatable bonds is 8. The number of nitrogens with zero attached hydrogens (tertiary/aromatic N) is 2. The molecule has 1 aromatic heterocycles. The third kappa shape index (κ3) is 5.22. The molecule has 0 unspecified atom stereocenters. The van der Waals surface area contributed by atoms with Crippen molar-refractivity contribution < 1.29 is 14.3 Å². The van der Waals surface area contributed by atoms with Crippen LogP contribution in [0.2, 0.25) is 0 Å². The Bertz CT molecular complexity index is 991. The number of aryl methyl sites for hydroxylation is 1. The molecule has 1 amide bonds. The monoisotopic (exact) mass is 392 g/mol. The van der Waals surface area contributed by atoms with Crippen LogP contribution in [0.25, 0.3) is 0 Å². The normalized spacial score (nSPS) is 10.3. The Morgan fingerprint density at radius 3 is 2.41 bits per heavy atom. The molecular weight excluding hydrogens is 368 g/mol. The molecule has 0 radical (unpaired) electrons. The van der Waals surface area contributed by atoms with Gasteiger partial charge in [-0.1, -0.05) is 30.3 Å². The first-order chi connectivity index (χ1) is 14.1. The molecular formula is C22H24N4O3. The van der Waals surface area contributed by atoms with Gasteiger partial charge in [0.25, 0.3) is 5.91 Å². The van der Waals surface area contributed by atoms with Crippen molar-refractivity contribution in [2.45, 2.75) is 13.3 Å². The summed E-state index contributed by atoms with van der Waals surface area (Å²) in [6.45, 7) is 2.29. The number of benzene rings is 2. The van der Waals surface area contributed by atoms with Crippen LogP contribution >= 0.6 is 0 Å². The second-order valence-electron chi connectivity index (χ2n) is 6.36. The maximum Gasteiger partial charge on any atom is 0.270 e. The molecule has 7 heteroatoms. The number of methoxy groups -OCH3 is 2. The van der Waals surface area contributed by atoms with Crippen LogP contribution in [-0.2, 0) is 6.42 Å². The van der Waals surface area contributed by atoms with E-state index >= 15 is 0 Å². The zero-order valence-electron chi connectivity index (χ0n) is 16.7. The number of aromatic nitrogens is 2. The third-order valence-electron chi connectivity index (χ3n) is 4.31. The molecule has 7 nitrogen and oxygen atoms in total. The van der Waals surface area contributed by atoms with E-state index in [-0.39, 0.29) is 5.91 Å². The van der Waals surface area contributed by atoms with Gasteiger partial charge in [0.15, 0.2) is 0 Å². The number of hydrogen-bond donors (Lipinski definition) is 2. The van der Waals surface area contributed by atoms with Gasteiger partial charge < -0.3 is 20.1 Å². The first kappa shape index (κ1) is 20.1. The highest BCUT2D eigenvalue weighted by atomic mass is 16.5. The summed E-state index contributed by atoms with van der Waals surface area (Å²) in [6.07, 6.45) is 0.659. The minimum atomic E-state index is -0.256. The van der Waals surface area contributed by atoms with Gasteiger partial charge in [0.05, 0.1) is 19.9 Å². The first-order valence-electron chi connectivity index (χ1n) is 9.26. The van der Waals surface area contributed by atoms with Gasteiger partial charge in [-0.2, -0.15) is 0 Å². The fourth-order valence-corrected chi connectivity index (χ4v) is 2.92. The topological polar surface area (TPSA) is 85.4 Å². The lowest BCUT2D eigenvalue weighted by molar-refractivity contribution is 0.0949. The van der Waals surface area contributed by atoms with Crippen molar-refractivity contribution in [3.05, 3.63) is 71.5 Å². The minimum Gasteiger partial charge on any atom is -0.496 e. The Hall–Kier alpha value is -3.61. The molecule has 0 bridgehead atoms. The van der Waals surface area contributed by atoms with Crippen molar-refractivity contribution in [2.75, 3.05) is 26.1 Å². The predicted octanol–water partition coefficient (Wildman–Crippen LogP) is 3.52. The highest BCUT2D eigenvalue weighted by Crippen LogP contribution is 2.25. The molecule has 0 saturated carbocycles. The summed E-state index contributed by atoms with van der Waals surface area (Å²) in [5.74, 6) is 1.56. The lowest BCUT2D eigenvalue weighted by atomic mass is 10.1. The number of hydrogen-bond acceptors (Lipinski definition) is 6. The van der Waals surface area contributed by atoms with Crippen LogP contribution in [-0.4, -0.2) is 36.6 Å². The van der Waals surface area contributed by atoms with Gasteiger partial charge in [0.1, 0.15) is 17.2 Å². The molecule has 29 heavy (non-hydrogen) atoms. The summed E-state index contributed by atoms with van der Waals surface area (Å²) in [5, 5.41) is 6.02. The Morgan fingerprint density at radius 1 is 0.966 bits per heavy atom. The van der Waals surface area contributed by atoms with Crippen LogP contribution in [0.3, 0.4) is 0 Å². The molecule has 0 aliphatic rings. The fraction of sp³-hybridized carbons (Fsp3) is 0.227. The van der Waals surface area contributed by atoms with E-state index in [9.17, 15) is 4.79 Å². The molecule has 1 heterocycles. The van der Waals surface area contributed by atoms with Gasteiger partial charge in [0.2, 0.25) is 5.95 Å². The van der Waals surface area contributed by atoms with Crippen molar-refractivity contribution in [3.63, 3.8) is 0 Å². The highest BCUT2D eigenvalue weighted by Gasteiger charge is 2.12. The van der Waals surface area contributed by atoms with Gasteiger partial charge >= 0.3 is 0 Å². The lowest BCUT2D eigenvalue weighted by Gasteiger charge is -2.12. The SMILES string of the molecule is COc1ccccc1CCNC(=O)c1cc(C)nc(Nc2ccccc2OC)n1. The van der Waals surface area contributed by atoms with Crippen LogP contribution in [0, 0.1) is 6.92 Å². The zero-order valence-corrected chi connectivity index (χ0v) is 16.7. The van der Waals surface area contributed by atoms with E-state index in [1.807, 2.05) is 55.5 Å². The van der Waals surface area contributed by atoms with Crippen molar-refractivity contribution in [1.82, 2.24) is 15.3 Å². The Balaban J connectivity index is 1.68. The molecule has 0 aliphatic carbocycles. The molecule has 3 rings (SSSR count). The standard InChI is InChI=1S/C22H24N4O3/c1-15-14-18(21(27)23-13-12-16-8-4-6-10-19(16)28-2)26-22(24-15)25-17-9-5-7-11-20(17)29-3/h4-11,14H,12-13H2,1-3H3,(H,23,27)(H,24,25,26). The Morgan fingerprint density at radius 2 is 1.66 bits per heavy atom. The maximum atomic E-state index is 12.6. The van der Waals surface area contributed by atoms with Crippen molar-refractivity contribution in [1.29, 1.82) is 0 Å². The molecule has 150 valence electrons. The lowest BCUT2D eigenvalue weighted by Crippen LogP contribution is -2.27. The molecule has 0 fully saturated rings. The summed E-state index contributed by atoms with van der Waals surface area (Å²) in [6, 6.07) is 16.9. The number of nitrogens with one attached hydrogen (secondary N) is 2. The van der Waals surface area contributed by atoms with E-state index in [2.05, 4.69) is 20.6 Å². The van der Waals surface area contributed by atoms with Crippen LogP contribution < -0.4 is 20.1 Å². The van der Waals surface area contributed by atoms with E-state index in [0.29, 0.717) is 36.1 Å². The minimum absolute atomic E-state index is 0.256. The number of amides is 1. The first-order valence-corrected chi connectivity index (χ1v) is 9.26. The predicted molar refractivity (Wildman–Crippen MR) is 112 cm³/mol. The van der Waals surface area contributed by atoms with Gasteiger partial charge in [-0.25, -0.2) is 9.97 Å². The van der Waals surface area contributed by atoms with E-state index in [1.54, 1.807) is 20.3 Å². The Labute approximate surface area is 170 Å². The average Bonchev–Trinajstić information content (AvgIpc) is 2.74. The molecule has 2 N–H and O–H groups in total. The largest absolute Gasteiger partial charge is 0.496 e. The second kappa shape index (κ2) is 9.54. The Kier molecular flexibility index (Phi) is 6.63. The molecule has 0 saturated heterocycles. The molecule has 0 aliphatic heterocycles. The fourth-order valence-electron chi connectivity index (χ4n) is 2.92. The van der Waals surface area contributed by atoms with Crippen LogP contribution in [0.5, 0.6) is 11.5 Å². The van der Waals surface area contributed by atoms with Gasteiger partial charge in [0, 0.05) is 12.2 Å². The highest BCUT2D eigenvalue weighted by molar-refractivity contribution is 5.92. The number of anilines is 2. The van der Waals surface area contributed by atoms with E-state index < -0.39 is 0 Å². The number of para-hydroxylation sites is 3. The van der Waals surface area contributed by atoms with Gasteiger partial charge in [-0.15, -0.1) is 0 Å². The summed E-state index contributed by atoms with van der Waals surface area (Å²) in [7, 11) is 3.23. The van der Waals surface area contributed by atoms with Crippen LogP contribution in [0.4, 0.5) is 11.6 Å². The number of ether oxygens (including phenoxy) is 2. The second-order valence-corrected chi connectivity index (χ2v) is 6.36. The van der Waals surface area contributed by atoms with Crippen molar-refractivity contribution in [2.24, 2.45) is 0 Å². The summed E-state index contributed by atoms with van der Waals surface area (Å²) >= 11 is 0. The van der Waals surface area contributed by atoms with E-state index in [0.717, 1.165) is 17.0 Å². The quantitative estimate of drug-likeness (QED) is 0.610.